The molecule has 6 heteroatoms. The lowest BCUT2D eigenvalue weighted by atomic mass is 9.95. The minimum absolute atomic E-state index is 0.194. The molecule has 3 nitrogen and oxygen atoms in total. The number of hydrogen-bond donors (Lipinski definition) is 0. The monoisotopic (exact) mass is 241 g/mol. The number of ketones is 1. The smallest absolute Gasteiger partial charge is 0.298 e. The molecule has 0 radical (unpaired) electrons. The molecule has 88 valence electrons. The third-order valence-electron chi connectivity index (χ3n) is 2.07. The summed E-state index contributed by atoms with van der Waals surface area (Å²) in [5.74, 6) is -0.869. The average molecular weight is 241 g/mol. The van der Waals surface area contributed by atoms with Crippen LogP contribution in [0.1, 0.15) is 38.8 Å². The fraction of sp³-hybridized carbons (Fsp3) is 0.182. The number of aldehydes is 1. The highest BCUT2D eigenvalue weighted by molar-refractivity contribution is 5.99. The van der Waals surface area contributed by atoms with Gasteiger partial charge in [0.25, 0.3) is 0 Å². The second-order valence-electron chi connectivity index (χ2n) is 3.27. The van der Waals surface area contributed by atoms with Gasteiger partial charge in [-0.3, -0.25) is 9.59 Å². The van der Waals surface area contributed by atoms with Crippen molar-refractivity contribution in [3.8, 4) is 6.07 Å². The predicted molar refractivity (Wildman–Crippen MR) is 51.6 cm³/mol. The highest BCUT2D eigenvalue weighted by Crippen LogP contribution is 2.34. The second kappa shape index (κ2) is 4.37. The molecule has 0 heterocycles. The van der Waals surface area contributed by atoms with E-state index in [1.54, 1.807) is 0 Å². The lowest BCUT2D eigenvalue weighted by Gasteiger charge is -2.12. The molecule has 1 aromatic rings. The van der Waals surface area contributed by atoms with Crippen LogP contribution in [0.3, 0.4) is 0 Å². The number of nitrogens with zero attached hydrogens (tertiary/aromatic N) is 1. The molecule has 0 N–H and O–H groups in total. The van der Waals surface area contributed by atoms with Crippen LogP contribution in [0.5, 0.6) is 0 Å². The summed E-state index contributed by atoms with van der Waals surface area (Å²) in [6, 6.07) is 3.00. The van der Waals surface area contributed by atoms with E-state index < -0.39 is 28.6 Å². The molecule has 0 saturated carbocycles. The van der Waals surface area contributed by atoms with Crippen LogP contribution in [0.4, 0.5) is 13.2 Å². The maximum Gasteiger partial charge on any atom is 0.417 e. The first-order valence-corrected chi connectivity index (χ1v) is 4.42. The van der Waals surface area contributed by atoms with Gasteiger partial charge < -0.3 is 0 Å². The molecule has 0 amide bonds. The van der Waals surface area contributed by atoms with Crippen LogP contribution in [0.25, 0.3) is 0 Å². The highest BCUT2D eigenvalue weighted by Gasteiger charge is 2.36. The van der Waals surface area contributed by atoms with Gasteiger partial charge in [0, 0.05) is 11.1 Å². The van der Waals surface area contributed by atoms with E-state index >= 15 is 0 Å². The summed E-state index contributed by atoms with van der Waals surface area (Å²) < 4.78 is 38.0. The van der Waals surface area contributed by atoms with Crippen LogP contribution in [0.2, 0.25) is 0 Å². The van der Waals surface area contributed by atoms with E-state index in [2.05, 4.69) is 0 Å². The lowest BCUT2D eigenvalue weighted by Crippen LogP contribution is -2.14. The molecule has 0 atom stereocenters. The van der Waals surface area contributed by atoms with Gasteiger partial charge in [-0.15, -0.1) is 0 Å². The zero-order chi connectivity index (χ0) is 13.2. The van der Waals surface area contributed by atoms with Crippen molar-refractivity contribution in [1.29, 1.82) is 5.26 Å². The molecule has 1 rings (SSSR count). The Balaban J connectivity index is 3.72. The molecule has 0 aromatic heterocycles. The van der Waals surface area contributed by atoms with E-state index in [1.807, 2.05) is 0 Å². The van der Waals surface area contributed by atoms with Gasteiger partial charge in [0.15, 0.2) is 5.78 Å². The molecule has 0 spiro atoms. The number of benzene rings is 1. The van der Waals surface area contributed by atoms with Crippen LogP contribution in [0, 0.1) is 11.3 Å². The molecule has 0 bridgehead atoms. The number of carbonyl (C=O) groups excluding carboxylic acids is 2. The Kier molecular flexibility index (Phi) is 3.32. The zero-order valence-electron chi connectivity index (χ0n) is 8.63. The Morgan fingerprint density at radius 2 is 2.00 bits per heavy atom. The number of hydrogen-bond acceptors (Lipinski definition) is 3. The lowest BCUT2D eigenvalue weighted by molar-refractivity contribution is -0.137. The Labute approximate surface area is 94.5 Å². The number of alkyl halides is 3. The molecular formula is C11H6F3NO2. The highest BCUT2D eigenvalue weighted by atomic mass is 19.4. The first-order valence-electron chi connectivity index (χ1n) is 4.42. The van der Waals surface area contributed by atoms with E-state index in [9.17, 15) is 22.8 Å². The van der Waals surface area contributed by atoms with Gasteiger partial charge in [0.2, 0.25) is 0 Å². The molecule has 0 fully saturated rings. The maximum absolute atomic E-state index is 12.7. The number of Topliss-reactive ketones (excluding diaryl/α,β-unsaturated/α-hetero) is 1. The van der Waals surface area contributed by atoms with Crippen molar-refractivity contribution in [3.63, 3.8) is 0 Å². The van der Waals surface area contributed by atoms with E-state index in [-0.39, 0.29) is 11.8 Å². The normalized spacial score (nSPS) is 10.8. The first kappa shape index (κ1) is 12.9. The molecular weight excluding hydrogens is 235 g/mol. The minimum Gasteiger partial charge on any atom is -0.298 e. The number of rotatable bonds is 2. The maximum atomic E-state index is 12.7. The molecule has 0 aliphatic heterocycles. The largest absolute Gasteiger partial charge is 0.417 e. The summed E-state index contributed by atoms with van der Waals surface area (Å²) in [7, 11) is 0. The van der Waals surface area contributed by atoms with E-state index in [4.69, 9.17) is 5.26 Å². The summed E-state index contributed by atoms with van der Waals surface area (Å²) in [5.41, 5.74) is -2.70. The summed E-state index contributed by atoms with van der Waals surface area (Å²) in [4.78, 5) is 21.6. The molecule has 1 aromatic carbocycles. The Morgan fingerprint density at radius 3 is 2.35 bits per heavy atom. The van der Waals surface area contributed by atoms with Gasteiger partial charge in [0.1, 0.15) is 6.29 Å². The average Bonchev–Trinajstić information content (AvgIpc) is 2.25. The molecule has 0 aliphatic carbocycles. The summed E-state index contributed by atoms with van der Waals surface area (Å²) in [6.07, 6.45) is -4.59. The quantitative estimate of drug-likeness (QED) is 0.590. The topological polar surface area (TPSA) is 57.9 Å². The first-order chi connectivity index (χ1) is 7.81. The van der Waals surface area contributed by atoms with Crippen LogP contribution < -0.4 is 0 Å². The Morgan fingerprint density at radius 1 is 1.41 bits per heavy atom. The van der Waals surface area contributed by atoms with Gasteiger partial charge in [-0.05, 0) is 19.1 Å². The van der Waals surface area contributed by atoms with Crippen LogP contribution >= 0.6 is 0 Å². The van der Waals surface area contributed by atoms with Gasteiger partial charge in [0.05, 0.1) is 17.2 Å². The van der Waals surface area contributed by atoms with Crippen molar-refractivity contribution >= 4 is 12.1 Å². The second-order valence-corrected chi connectivity index (χ2v) is 3.27. The third-order valence-corrected chi connectivity index (χ3v) is 2.07. The van der Waals surface area contributed by atoms with Crippen molar-refractivity contribution in [1.82, 2.24) is 0 Å². The number of carbonyl (C=O) groups is 2. The van der Waals surface area contributed by atoms with Gasteiger partial charge >= 0.3 is 6.18 Å². The van der Waals surface area contributed by atoms with E-state index in [0.29, 0.717) is 6.07 Å². The standard InChI is InChI=1S/C11H6F3NO2/c1-6(17)10-8(4-15)2-7(5-16)3-9(10)11(12,13)14/h2-3,5H,1H3. The van der Waals surface area contributed by atoms with Crippen LogP contribution in [0.15, 0.2) is 12.1 Å². The Bertz CT molecular complexity index is 527. The van der Waals surface area contributed by atoms with Crippen molar-refractivity contribution in [2.45, 2.75) is 13.1 Å². The predicted octanol–water partition coefficient (Wildman–Crippen LogP) is 2.59. The fourth-order valence-corrected chi connectivity index (χ4v) is 1.42. The molecule has 0 saturated heterocycles. The summed E-state index contributed by atoms with van der Waals surface area (Å²) in [5, 5.41) is 8.69. The Hall–Kier alpha value is -2.16. The van der Waals surface area contributed by atoms with E-state index in [0.717, 1.165) is 13.0 Å². The number of halogens is 3. The molecule has 0 unspecified atom stereocenters. The third kappa shape index (κ3) is 2.50. The fourth-order valence-electron chi connectivity index (χ4n) is 1.42. The van der Waals surface area contributed by atoms with Crippen molar-refractivity contribution in [3.05, 3.63) is 34.4 Å². The SMILES string of the molecule is CC(=O)c1c(C#N)cc(C=O)cc1C(F)(F)F. The van der Waals surface area contributed by atoms with Gasteiger partial charge in [-0.1, -0.05) is 0 Å². The number of nitriles is 1. The molecule has 0 aliphatic rings. The van der Waals surface area contributed by atoms with Gasteiger partial charge in [-0.25, -0.2) is 0 Å². The van der Waals surface area contributed by atoms with Crippen molar-refractivity contribution < 1.29 is 22.8 Å². The van der Waals surface area contributed by atoms with Crippen molar-refractivity contribution in [2.24, 2.45) is 0 Å². The zero-order valence-corrected chi connectivity index (χ0v) is 8.63. The minimum atomic E-state index is -4.79. The van der Waals surface area contributed by atoms with Gasteiger partial charge in [-0.2, -0.15) is 18.4 Å². The van der Waals surface area contributed by atoms with Crippen LogP contribution in [-0.4, -0.2) is 12.1 Å². The van der Waals surface area contributed by atoms with Crippen LogP contribution in [-0.2, 0) is 6.18 Å². The molecule has 17 heavy (non-hydrogen) atoms. The van der Waals surface area contributed by atoms with Crippen molar-refractivity contribution in [2.75, 3.05) is 0 Å². The van der Waals surface area contributed by atoms with E-state index in [1.165, 1.54) is 6.07 Å². The summed E-state index contributed by atoms with van der Waals surface area (Å²) in [6.45, 7) is 0.937. The summed E-state index contributed by atoms with van der Waals surface area (Å²) >= 11 is 0.